The van der Waals surface area contributed by atoms with Gasteiger partial charge in [-0.3, -0.25) is 4.79 Å². The van der Waals surface area contributed by atoms with Crippen LogP contribution in [0.1, 0.15) is 20.3 Å². The Bertz CT molecular complexity index is 253. The van der Waals surface area contributed by atoms with E-state index in [2.05, 4.69) is 36.0 Å². The van der Waals surface area contributed by atoms with Crippen LogP contribution < -0.4 is 10.6 Å². The third kappa shape index (κ3) is 5.33. The molecule has 4 heteroatoms. The van der Waals surface area contributed by atoms with Crippen molar-refractivity contribution in [3.63, 3.8) is 0 Å². The van der Waals surface area contributed by atoms with E-state index in [1.807, 2.05) is 0 Å². The summed E-state index contributed by atoms with van der Waals surface area (Å²) in [5.74, 6) is 0.690. The maximum absolute atomic E-state index is 11.5. The van der Waals surface area contributed by atoms with E-state index in [0.717, 1.165) is 19.6 Å². The molecule has 1 atom stereocenters. The molecule has 0 saturated carbocycles. The monoisotopic (exact) mass is 239 g/mol. The maximum Gasteiger partial charge on any atom is 0.233 e. The number of nitrogens with zero attached hydrogens (tertiary/aromatic N) is 1. The van der Waals surface area contributed by atoms with Crippen LogP contribution in [0.5, 0.6) is 0 Å². The van der Waals surface area contributed by atoms with Crippen molar-refractivity contribution in [3.05, 3.63) is 12.7 Å². The standard InChI is InChI=1S/C13H25N3O/c1-4-6-14-9-13(17)15-8-12-5-7-16(10-12)11(2)3/h4,11-12,14H,1,5-10H2,2-3H3,(H,15,17). The molecule has 1 unspecified atom stereocenters. The quantitative estimate of drug-likeness (QED) is 0.505. The molecule has 0 aliphatic carbocycles. The second-order valence-electron chi connectivity index (χ2n) is 4.97. The smallest absolute Gasteiger partial charge is 0.233 e. The van der Waals surface area contributed by atoms with Crippen LogP contribution in [-0.4, -0.2) is 49.6 Å². The summed E-state index contributed by atoms with van der Waals surface area (Å²) < 4.78 is 0. The minimum Gasteiger partial charge on any atom is -0.355 e. The molecule has 1 aliphatic rings. The van der Waals surface area contributed by atoms with E-state index in [1.54, 1.807) is 6.08 Å². The first-order chi connectivity index (χ1) is 8.13. The third-order valence-electron chi connectivity index (χ3n) is 3.21. The molecule has 98 valence electrons. The van der Waals surface area contributed by atoms with Crippen molar-refractivity contribution in [1.29, 1.82) is 0 Å². The minimum atomic E-state index is 0.0786. The molecule has 0 radical (unpaired) electrons. The Kier molecular flexibility index (Phi) is 6.22. The van der Waals surface area contributed by atoms with Gasteiger partial charge in [-0.15, -0.1) is 6.58 Å². The van der Waals surface area contributed by atoms with Crippen LogP contribution in [0.15, 0.2) is 12.7 Å². The first kappa shape index (κ1) is 14.2. The number of nitrogens with one attached hydrogen (secondary N) is 2. The van der Waals surface area contributed by atoms with Gasteiger partial charge in [0.2, 0.25) is 5.91 Å². The highest BCUT2D eigenvalue weighted by Crippen LogP contribution is 2.17. The molecular weight excluding hydrogens is 214 g/mol. The number of rotatable bonds is 7. The number of hydrogen-bond acceptors (Lipinski definition) is 3. The van der Waals surface area contributed by atoms with Gasteiger partial charge in [-0.2, -0.15) is 0 Å². The van der Waals surface area contributed by atoms with E-state index in [4.69, 9.17) is 0 Å². The highest BCUT2D eigenvalue weighted by Gasteiger charge is 2.24. The lowest BCUT2D eigenvalue weighted by molar-refractivity contribution is -0.120. The van der Waals surface area contributed by atoms with Crippen LogP contribution in [-0.2, 0) is 4.79 Å². The number of carbonyl (C=O) groups excluding carboxylic acids is 1. The summed E-state index contributed by atoms with van der Waals surface area (Å²) in [6.45, 7) is 12.2. The van der Waals surface area contributed by atoms with Gasteiger partial charge in [0, 0.05) is 25.7 Å². The van der Waals surface area contributed by atoms with E-state index < -0.39 is 0 Å². The summed E-state index contributed by atoms with van der Waals surface area (Å²) in [6, 6.07) is 0.616. The molecule has 1 rings (SSSR count). The van der Waals surface area contributed by atoms with Gasteiger partial charge >= 0.3 is 0 Å². The Balaban J connectivity index is 2.10. The molecule has 17 heavy (non-hydrogen) atoms. The Morgan fingerprint density at radius 2 is 2.35 bits per heavy atom. The largest absolute Gasteiger partial charge is 0.355 e. The molecule has 1 saturated heterocycles. The van der Waals surface area contributed by atoms with Crippen LogP contribution in [0.25, 0.3) is 0 Å². The highest BCUT2D eigenvalue weighted by atomic mass is 16.1. The molecule has 2 N–H and O–H groups in total. The molecule has 1 fully saturated rings. The molecule has 0 aromatic heterocycles. The lowest BCUT2D eigenvalue weighted by atomic mass is 10.1. The van der Waals surface area contributed by atoms with Crippen molar-refractivity contribution < 1.29 is 4.79 Å². The summed E-state index contributed by atoms with van der Waals surface area (Å²) in [5.41, 5.74) is 0. The van der Waals surface area contributed by atoms with Gasteiger partial charge in [0.1, 0.15) is 0 Å². The van der Waals surface area contributed by atoms with Crippen molar-refractivity contribution >= 4 is 5.91 Å². The fourth-order valence-corrected chi connectivity index (χ4v) is 2.11. The zero-order valence-corrected chi connectivity index (χ0v) is 11.0. The second kappa shape index (κ2) is 7.45. The maximum atomic E-state index is 11.5. The van der Waals surface area contributed by atoms with Gasteiger partial charge in [0.05, 0.1) is 6.54 Å². The average Bonchev–Trinajstić information content (AvgIpc) is 2.75. The SMILES string of the molecule is C=CCNCC(=O)NCC1CCN(C(C)C)C1. The van der Waals surface area contributed by atoms with E-state index in [1.165, 1.54) is 6.42 Å². The summed E-state index contributed by atoms with van der Waals surface area (Å²) in [7, 11) is 0. The summed E-state index contributed by atoms with van der Waals surface area (Å²) in [5, 5.41) is 5.98. The Hall–Kier alpha value is -0.870. The van der Waals surface area contributed by atoms with Crippen LogP contribution in [0.4, 0.5) is 0 Å². The zero-order chi connectivity index (χ0) is 12.7. The first-order valence-corrected chi connectivity index (χ1v) is 6.45. The van der Waals surface area contributed by atoms with Crippen LogP contribution in [0.3, 0.4) is 0 Å². The Morgan fingerprint density at radius 1 is 1.59 bits per heavy atom. The fraction of sp³-hybridized carbons (Fsp3) is 0.769. The molecule has 0 spiro atoms. The molecule has 4 nitrogen and oxygen atoms in total. The topological polar surface area (TPSA) is 44.4 Å². The fourth-order valence-electron chi connectivity index (χ4n) is 2.11. The van der Waals surface area contributed by atoms with Crippen molar-refractivity contribution in [2.45, 2.75) is 26.3 Å². The minimum absolute atomic E-state index is 0.0786. The third-order valence-corrected chi connectivity index (χ3v) is 3.21. The lowest BCUT2D eigenvalue weighted by Crippen LogP contribution is -2.37. The van der Waals surface area contributed by atoms with Crippen molar-refractivity contribution in [2.75, 3.05) is 32.7 Å². The molecular formula is C13H25N3O. The van der Waals surface area contributed by atoms with Gasteiger partial charge in [0.25, 0.3) is 0 Å². The normalized spacial score (nSPS) is 20.8. The molecule has 0 aromatic carbocycles. The van der Waals surface area contributed by atoms with Gasteiger partial charge in [0.15, 0.2) is 0 Å². The van der Waals surface area contributed by atoms with Crippen LogP contribution in [0, 0.1) is 5.92 Å². The second-order valence-corrected chi connectivity index (χ2v) is 4.97. The number of hydrogen-bond donors (Lipinski definition) is 2. The Morgan fingerprint density at radius 3 is 2.94 bits per heavy atom. The van der Waals surface area contributed by atoms with Gasteiger partial charge < -0.3 is 15.5 Å². The van der Waals surface area contributed by atoms with E-state index in [-0.39, 0.29) is 5.91 Å². The van der Waals surface area contributed by atoms with Crippen LogP contribution >= 0.6 is 0 Å². The van der Waals surface area contributed by atoms with Gasteiger partial charge in [-0.25, -0.2) is 0 Å². The van der Waals surface area contributed by atoms with Crippen molar-refractivity contribution in [1.82, 2.24) is 15.5 Å². The lowest BCUT2D eigenvalue weighted by Gasteiger charge is -2.20. The first-order valence-electron chi connectivity index (χ1n) is 6.45. The van der Waals surface area contributed by atoms with Gasteiger partial charge in [-0.1, -0.05) is 6.08 Å². The van der Waals surface area contributed by atoms with Crippen LogP contribution in [0.2, 0.25) is 0 Å². The highest BCUT2D eigenvalue weighted by molar-refractivity contribution is 5.77. The zero-order valence-electron chi connectivity index (χ0n) is 11.0. The molecule has 1 aliphatic heterocycles. The summed E-state index contributed by atoms with van der Waals surface area (Å²) in [6.07, 6.45) is 2.95. The van der Waals surface area contributed by atoms with Crippen molar-refractivity contribution in [2.24, 2.45) is 5.92 Å². The number of likely N-dealkylation sites (tertiary alicyclic amines) is 1. The average molecular weight is 239 g/mol. The predicted octanol–water partition coefficient (Wildman–Crippen LogP) is 0.609. The van der Waals surface area contributed by atoms with Crippen molar-refractivity contribution in [3.8, 4) is 0 Å². The molecule has 0 aromatic rings. The number of amides is 1. The summed E-state index contributed by atoms with van der Waals surface area (Å²) >= 11 is 0. The van der Waals surface area contributed by atoms with E-state index in [9.17, 15) is 4.79 Å². The predicted molar refractivity (Wildman–Crippen MR) is 70.9 cm³/mol. The molecule has 1 heterocycles. The number of carbonyl (C=O) groups is 1. The summed E-state index contributed by atoms with van der Waals surface area (Å²) in [4.78, 5) is 13.9. The molecule has 0 bridgehead atoms. The van der Waals surface area contributed by atoms with E-state index in [0.29, 0.717) is 25.0 Å². The van der Waals surface area contributed by atoms with E-state index >= 15 is 0 Å². The molecule has 1 amide bonds. The van der Waals surface area contributed by atoms with Gasteiger partial charge in [-0.05, 0) is 32.7 Å². The Labute approximate surface area is 104 Å².